The Morgan fingerprint density at radius 3 is 2.77 bits per heavy atom. The lowest BCUT2D eigenvalue weighted by Gasteiger charge is -2.01. The van der Waals surface area contributed by atoms with Crippen molar-refractivity contribution in [2.24, 2.45) is 5.10 Å². The maximum absolute atomic E-state index is 11.1. The highest BCUT2D eigenvalue weighted by atomic mass is 35.5. The van der Waals surface area contributed by atoms with Crippen molar-refractivity contribution in [2.45, 2.75) is 12.8 Å². The van der Waals surface area contributed by atoms with E-state index >= 15 is 0 Å². The average molecular weight is 385 g/mol. The molecule has 1 aromatic heterocycles. The van der Waals surface area contributed by atoms with Crippen LogP contribution in [0.25, 0.3) is 11.3 Å². The summed E-state index contributed by atoms with van der Waals surface area (Å²) < 4.78 is 0. The van der Waals surface area contributed by atoms with Crippen LogP contribution in [-0.2, 0) is 6.42 Å². The Bertz CT molecular complexity index is 1010. The molecule has 1 N–H and O–H groups in total. The number of thiazole rings is 1. The molecule has 0 saturated carbocycles. The fraction of sp³-hybridized carbons (Fsp3) is 0.111. The van der Waals surface area contributed by atoms with E-state index in [1.807, 2.05) is 35.7 Å². The Morgan fingerprint density at radius 1 is 1.19 bits per heavy atom. The van der Waals surface area contributed by atoms with Crippen LogP contribution in [0.3, 0.4) is 0 Å². The standard InChI is InChI=1S/C18H13ClN4O2S/c19-12-6-4-11(5-7-12)16-10-26-18(20-16)22-21-15-9-8-14-13(15)2-1-3-17(14)23(24)25/h1-7,10H,8-9H2,(H,20,22)/b21-15+. The summed E-state index contributed by atoms with van der Waals surface area (Å²) in [6.45, 7) is 0. The van der Waals surface area contributed by atoms with Gasteiger partial charge in [-0.25, -0.2) is 4.98 Å². The van der Waals surface area contributed by atoms with Gasteiger partial charge in [-0.3, -0.25) is 15.5 Å². The van der Waals surface area contributed by atoms with Gasteiger partial charge in [0.15, 0.2) is 0 Å². The highest BCUT2D eigenvalue weighted by molar-refractivity contribution is 7.14. The highest BCUT2D eigenvalue weighted by Crippen LogP contribution is 2.31. The van der Waals surface area contributed by atoms with E-state index in [4.69, 9.17) is 11.6 Å². The number of aromatic nitrogens is 1. The van der Waals surface area contributed by atoms with Crippen molar-refractivity contribution in [1.82, 2.24) is 4.98 Å². The van der Waals surface area contributed by atoms with E-state index in [1.165, 1.54) is 17.4 Å². The normalized spacial score (nSPS) is 14.4. The monoisotopic (exact) mass is 384 g/mol. The van der Waals surface area contributed by atoms with Gasteiger partial charge in [-0.1, -0.05) is 35.9 Å². The summed E-state index contributed by atoms with van der Waals surface area (Å²) in [6, 6.07) is 12.6. The molecule has 6 nitrogen and oxygen atoms in total. The number of nitro benzene ring substituents is 1. The molecule has 0 radical (unpaired) electrons. The van der Waals surface area contributed by atoms with Gasteiger partial charge in [-0.05, 0) is 25.0 Å². The van der Waals surface area contributed by atoms with Crippen molar-refractivity contribution >= 4 is 39.5 Å². The van der Waals surface area contributed by atoms with Crippen molar-refractivity contribution in [1.29, 1.82) is 0 Å². The van der Waals surface area contributed by atoms with Crippen molar-refractivity contribution in [2.75, 3.05) is 5.43 Å². The molecule has 1 aliphatic carbocycles. The van der Waals surface area contributed by atoms with E-state index in [0.717, 1.165) is 28.1 Å². The minimum absolute atomic E-state index is 0.159. The second kappa shape index (κ2) is 6.86. The second-order valence-electron chi connectivity index (χ2n) is 5.78. The third-order valence-electron chi connectivity index (χ3n) is 4.20. The van der Waals surface area contributed by atoms with E-state index in [0.29, 0.717) is 23.0 Å². The van der Waals surface area contributed by atoms with E-state index in [9.17, 15) is 10.1 Å². The molecule has 0 aliphatic heterocycles. The molecule has 26 heavy (non-hydrogen) atoms. The first-order valence-electron chi connectivity index (χ1n) is 7.92. The zero-order chi connectivity index (χ0) is 18.1. The van der Waals surface area contributed by atoms with Crippen LogP contribution in [0.2, 0.25) is 5.02 Å². The second-order valence-corrected chi connectivity index (χ2v) is 7.07. The van der Waals surface area contributed by atoms with Gasteiger partial charge in [0.25, 0.3) is 5.69 Å². The molecule has 0 saturated heterocycles. The molecule has 1 aliphatic rings. The van der Waals surface area contributed by atoms with Crippen LogP contribution in [0.4, 0.5) is 10.8 Å². The van der Waals surface area contributed by atoms with Gasteiger partial charge in [0.05, 0.1) is 16.3 Å². The molecule has 0 unspecified atom stereocenters. The molecular formula is C18H13ClN4O2S. The molecule has 3 aromatic rings. The third kappa shape index (κ3) is 3.18. The summed E-state index contributed by atoms with van der Waals surface area (Å²) in [5.74, 6) is 0. The third-order valence-corrected chi connectivity index (χ3v) is 5.20. The summed E-state index contributed by atoms with van der Waals surface area (Å²) in [5.41, 5.74) is 7.36. The van der Waals surface area contributed by atoms with Crippen LogP contribution in [-0.4, -0.2) is 15.6 Å². The molecule has 4 rings (SSSR count). The first-order valence-corrected chi connectivity index (χ1v) is 9.18. The number of hydrogen-bond donors (Lipinski definition) is 1. The number of fused-ring (bicyclic) bond motifs is 1. The lowest BCUT2D eigenvalue weighted by Crippen LogP contribution is -2.00. The molecule has 0 amide bonds. The van der Waals surface area contributed by atoms with Gasteiger partial charge >= 0.3 is 0 Å². The summed E-state index contributed by atoms with van der Waals surface area (Å²) >= 11 is 7.36. The molecule has 0 atom stereocenters. The number of benzene rings is 2. The fourth-order valence-corrected chi connectivity index (χ4v) is 3.75. The van der Waals surface area contributed by atoms with Crippen molar-refractivity contribution in [3.63, 3.8) is 0 Å². The number of halogens is 1. The van der Waals surface area contributed by atoms with Gasteiger partial charge in [-0.15, -0.1) is 11.3 Å². The van der Waals surface area contributed by atoms with Crippen LogP contribution >= 0.6 is 22.9 Å². The molecular weight excluding hydrogens is 372 g/mol. The fourth-order valence-electron chi connectivity index (χ4n) is 2.97. The number of hydrogen-bond acceptors (Lipinski definition) is 6. The quantitative estimate of drug-likeness (QED) is 0.499. The number of rotatable bonds is 4. The molecule has 0 fully saturated rings. The molecule has 0 spiro atoms. The molecule has 2 aromatic carbocycles. The maximum atomic E-state index is 11.1. The summed E-state index contributed by atoms with van der Waals surface area (Å²) in [7, 11) is 0. The highest BCUT2D eigenvalue weighted by Gasteiger charge is 2.25. The van der Waals surface area contributed by atoms with Crippen molar-refractivity contribution in [3.8, 4) is 11.3 Å². The Hall–Kier alpha value is -2.77. The first-order chi connectivity index (χ1) is 12.6. The van der Waals surface area contributed by atoms with E-state index in [2.05, 4.69) is 15.5 Å². The van der Waals surface area contributed by atoms with Crippen LogP contribution in [0.5, 0.6) is 0 Å². The number of anilines is 1. The van der Waals surface area contributed by atoms with Gasteiger partial charge in [0.1, 0.15) is 0 Å². The predicted molar refractivity (Wildman–Crippen MR) is 104 cm³/mol. The van der Waals surface area contributed by atoms with Gasteiger partial charge < -0.3 is 0 Å². The Kier molecular flexibility index (Phi) is 4.40. The largest absolute Gasteiger partial charge is 0.273 e. The first kappa shape index (κ1) is 16.7. The summed E-state index contributed by atoms with van der Waals surface area (Å²) in [6.07, 6.45) is 1.30. The summed E-state index contributed by atoms with van der Waals surface area (Å²) in [4.78, 5) is 15.3. The van der Waals surface area contributed by atoms with Crippen LogP contribution in [0.15, 0.2) is 52.9 Å². The number of nitrogens with zero attached hydrogens (tertiary/aromatic N) is 3. The molecule has 8 heteroatoms. The minimum Gasteiger partial charge on any atom is -0.258 e. The van der Waals surface area contributed by atoms with E-state index in [1.54, 1.807) is 6.07 Å². The van der Waals surface area contributed by atoms with Gasteiger partial charge in [-0.2, -0.15) is 5.10 Å². The number of hydrazone groups is 1. The van der Waals surface area contributed by atoms with Crippen LogP contribution in [0, 0.1) is 10.1 Å². The minimum atomic E-state index is -0.339. The smallest absolute Gasteiger partial charge is 0.258 e. The van der Waals surface area contributed by atoms with Crippen molar-refractivity contribution in [3.05, 3.63) is 74.1 Å². The predicted octanol–water partition coefficient (Wildman–Crippen LogP) is 5.13. The Labute approximate surface area is 158 Å². The van der Waals surface area contributed by atoms with Gasteiger partial charge in [0, 0.05) is 33.2 Å². The Morgan fingerprint density at radius 2 is 2.00 bits per heavy atom. The van der Waals surface area contributed by atoms with Crippen LogP contribution in [0.1, 0.15) is 17.5 Å². The molecule has 130 valence electrons. The topological polar surface area (TPSA) is 80.4 Å². The van der Waals surface area contributed by atoms with Crippen LogP contribution < -0.4 is 5.43 Å². The summed E-state index contributed by atoms with van der Waals surface area (Å²) in [5, 5.41) is 18.9. The lowest BCUT2D eigenvalue weighted by molar-refractivity contribution is -0.385. The van der Waals surface area contributed by atoms with E-state index in [-0.39, 0.29) is 10.6 Å². The zero-order valence-corrected chi connectivity index (χ0v) is 15.0. The van der Waals surface area contributed by atoms with E-state index < -0.39 is 0 Å². The molecule has 1 heterocycles. The Balaban J connectivity index is 1.55. The maximum Gasteiger partial charge on any atom is 0.273 e. The van der Waals surface area contributed by atoms with Crippen molar-refractivity contribution < 1.29 is 4.92 Å². The number of nitrogens with one attached hydrogen (secondary N) is 1. The zero-order valence-electron chi connectivity index (χ0n) is 13.5. The van der Waals surface area contributed by atoms with Gasteiger partial charge in [0.2, 0.25) is 5.13 Å². The lowest BCUT2D eigenvalue weighted by atomic mass is 10.1. The molecule has 0 bridgehead atoms. The average Bonchev–Trinajstić information content (AvgIpc) is 3.27. The number of nitro groups is 1. The SMILES string of the molecule is O=[N+]([O-])c1cccc2c1CC/C2=N\Nc1nc(-c2ccc(Cl)cc2)cs1.